The lowest BCUT2D eigenvalue weighted by Crippen LogP contribution is -2.63. The first-order valence-electron chi connectivity index (χ1n) is 11.3. The van der Waals surface area contributed by atoms with Crippen molar-refractivity contribution in [1.82, 2.24) is 15.1 Å². The van der Waals surface area contributed by atoms with E-state index >= 15 is 0 Å². The van der Waals surface area contributed by atoms with E-state index in [9.17, 15) is 19.8 Å². The van der Waals surface area contributed by atoms with Crippen LogP contribution in [0, 0.1) is 23.7 Å². The van der Waals surface area contributed by atoms with Gasteiger partial charge < -0.3 is 25.3 Å². The fourth-order valence-corrected chi connectivity index (χ4v) is 7.46. The largest absolute Gasteiger partial charge is 0.477 e. The summed E-state index contributed by atoms with van der Waals surface area (Å²) in [6.07, 6.45) is 4.51. The fourth-order valence-electron chi connectivity index (χ4n) is 5.88. The van der Waals surface area contributed by atoms with Crippen LogP contribution in [0.25, 0.3) is 0 Å². The molecule has 0 radical (unpaired) electrons. The van der Waals surface area contributed by atoms with Gasteiger partial charge in [-0.2, -0.15) is 0 Å². The zero-order valence-electron chi connectivity index (χ0n) is 18.2. The Morgan fingerprint density at radius 3 is 2.43 bits per heavy atom. The van der Waals surface area contributed by atoms with E-state index < -0.39 is 18.0 Å². The Morgan fingerprint density at radius 1 is 1.23 bits per heavy atom. The maximum atomic E-state index is 12.4. The number of aliphatic hydroxyl groups is 1. The van der Waals surface area contributed by atoms with E-state index in [1.54, 1.807) is 18.7 Å². The van der Waals surface area contributed by atoms with Crippen LogP contribution in [0.4, 0.5) is 0 Å². The summed E-state index contributed by atoms with van der Waals surface area (Å²) in [5.74, 6) is -0.180. The summed E-state index contributed by atoms with van der Waals surface area (Å²) in [5, 5.41) is 23.4. The van der Waals surface area contributed by atoms with Gasteiger partial charge in [0.15, 0.2) is 0 Å². The maximum absolute atomic E-state index is 12.4. The van der Waals surface area contributed by atoms with Crippen LogP contribution >= 0.6 is 11.8 Å². The van der Waals surface area contributed by atoms with Crippen LogP contribution in [-0.4, -0.2) is 82.5 Å². The minimum atomic E-state index is -1.03. The SMILES string of the molecule is CNCC1CCC(CN2CC(SC3=C(C(=O)O)N4C(=O)[C@H]([C@@H](C)O)[C@H]4[C@H]3C)C2)CC1. The van der Waals surface area contributed by atoms with Gasteiger partial charge in [0, 0.05) is 35.7 Å². The highest BCUT2D eigenvalue weighted by molar-refractivity contribution is 8.03. The lowest BCUT2D eigenvalue weighted by Gasteiger charge is -2.46. The molecule has 1 saturated carbocycles. The Kier molecular flexibility index (Phi) is 6.49. The molecule has 3 aliphatic heterocycles. The van der Waals surface area contributed by atoms with Gasteiger partial charge in [-0.25, -0.2) is 4.79 Å². The Morgan fingerprint density at radius 2 is 1.87 bits per heavy atom. The number of thioether (sulfide) groups is 1. The van der Waals surface area contributed by atoms with Crippen LogP contribution < -0.4 is 5.32 Å². The number of carbonyl (C=O) groups excluding carboxylic acids is 1. The number of likely N-dealkylation sites (tertiary alicyclic amines) is 1. The topological polar surface area (TPSA) is 93.1 Å². The van der Waals surface area contributed by atoms with E-state index in [0.717, 1.165) is 42.9 Å². The molecule has 0 aromatic heterocycles. The molecule has 1 aliphatic carbocycles. The molecular formula is C22H35N3O4S. The molecule has 3 N–H and O–H groups in total. The molecule has 4 atom stereocenters. The smallest absolute Gasteiger partial charge is 0.353 e. The van der Waals surface area contributed by atoms with Crippen molar-refractivity contribution in [3.63, 3.8) is 0 Å². The standard InChI is InChI=1S/C22H35N3O4S/c1-12-18-17(13(2)26)21(27)25(18)19(22(28)29)20(12)30-16-10-24(11-16)9-15-6-4-14(5-7-15)8-23-3/h12-18,23,26H,4-11H2,1-3H3,(H,28,29)/t12-,13-,14?,15?,17-,18-/m1/s1. The minimum absolute atomic E-state index is 0.0325. The third-order valence-corrected chi connectivity index (χ3v) is 8.95. The van der Waals surface area contributed by atoms with Crippen LogP contribution in [0.5, 0.6) is 0 Å². The molecule has 0 bridgehead atoms. The molecule has 8 heteroatoms. The van der Waals surface area contributed by atoms with Gasteiger partial charge in [-0.3, -0.25) is 4.79 Å². The lowest BCUT2D eigenvalue weighted by atomic mass is 9.79. The van der Waals surface area contributed by atoms with Crippen molar-refractivity contribution in [3.8, 4) is 0 Å². The van der Waals surface area contributed by atoms with Crippen LogP contribution in [0.1, 0.15) is 39.5 Å². The van der Waals surface area contributed by atoms with Gasteiger partial charge in [0.05, 0.1) is 18.1 Å². The van der Waals surface area contributed by atoms with E-state index in [0.29, 0.717) is 5.25 Å². The third-order valence-electron chi connectivity index (χ3n) is 7.50. The maximum Gasteiger partial charge on any atom is 0.353 e. The Labute approximate surface area is 183 Å². The van der Waals surface area contributed by atoms with Gasteiger partial charge in [-0.05, 0) is 58.0 Å². The number of aliphatic carboxylic acids is 1. The van der Waals surface area contributed by atoms with Crippen molar-refractivity contribution in [2.75, 3.05) is 33.2 Å². The van der Waals surface area contributed by atoms with Crippen LogP contribution in [0.15, 0.2) is 10.6 Å². The zero-order chi connectivity index (χ0) is 21.6. The van der Waals surface area contributed by atoms with Crippen molar-refractivity contribution in [3.05, 3.63) is 10.6 Å². The molecule has 4 rings (SSSR count). The monoisotopic (exact) mass is 437 g/mol. The van der Waals surface area contributed by atoms with E-state index in [-0.39, 0.29) is 23.6 Å². The van der Waals surface area contributed by atoms with Gasteiger partial charge in [-0.1, -0.05) is 6.92 Å². The van der Waals surface area contributed by atoms with E-state index in [1.807, 2.05) is 14.0 Å². The van der Waals surface area contributed by atoms with Crippen molar-refractivity contribution >= 4 is 23.6 Å². The second-order valence-corrected chi connectivity index (χ2v) is 11.0. The molecule has 4 aliphatic rings. The third kappa shape index (κ3) is 3.92. The molecule has 0 spiro atoms. The van der Waals surface area contributed by atoms with Crippen LogP contribution in [-0.2, 0) is 9.59 Å². The summed E-state index contributed by atoms with van der Waals surface area (Å²) >= 11 is 1.65. The fraction of sp³-hybridized carbons (Fsp3) is 0.818. The first-order chi connectivity index (χ1) is 14.3. The van der Waals surface area contributed by atoms with Crippen LogP contribution in [0.3, 0.4) is 0 Å². The number of nitrogens with zero attached hydrogens (tertiary/aromatic N) is 2. The number of aliphatic hydroxyl groups excluding tert-OH is 1. The van der Waals surface area contributed by atoms with Crippen molar-refractivity contribution in [2.24, 2.45) is 23.7 Å². The second-order valence-electron chi connectivity index (χ2n) is 9.67. The molecule has 3 heterocycles. The molecule has 1 amide bonds. The number of β-lactam (4-membered cyclic amide) rings is 1. The Bertz CT molecular complexity index is 713. The molecule has 0 aromatic rings. The average Bonchev–Trinajstić information content (AvgIpc) is 2.90. The summed E-state index contributed by atoms with van der Waals surface area (Å²) in [6, 6.07) is -0.213. The number of nitrogens with one attached hydrogen (secondary N) is 1. The van der Waals surface area contributed by atoms with Gasteiger partial charge >= 0.3 is 5.97 Å². The van der Waals surface area contributed by atoms with E-state index in [2.05, 4.69) is 10.2 Å². The quantitative estimate of drug-likeness (QED) is 0.497. The summed E-state index contributed by atoms with van der Waals surface area (Å²) < 4.78 is 0. The molecule has 0 unspecified atom stereocenters. The normalized spacial score (nSPS) is 35.8. The molecule has 0 aromatic carbocycles. The summed E-state index contributed by atoms with van der Waals surface area (Å²) in [5.41, 5.74) is 0.153. The highest BCUT2D eigenvalue weighted by Crippen LogP contribution is 2.52. The predicted octanol–water partition coefficient (Wildman–Crippen LogP) is 1.58. The zero-order valence-corrected chi connectivity index (χ0v) is 19.0. The number of amides is 1. The Balaban J connectivity index is 1.30. The van der Waals surface area contributed by atoms with Crippen molar-refractivity contribution in [1.29, 1.82) is 0 Å². The number of rotatable bonds is 8. The van der Waals surface area contributed by atoms with Crippen molar-refractivity contribution < 1.29 is 19.8 Å². The molecular weight excluding hydrogens is 402 g/mol. The predicted molar refractivity (Wildman–Crippen MR) is 117 cm³/mol. The van der Waals surface area contributed by atoms with E-state index in [1.165, 1.54) is 30.6 Å². The van der Waals surface area contributed by atoms with E-state index in [4.69, 9.17) is 0 Å². The number of hydrogen-bond donors (Lipinski definition) is 3. The summed E-state index contributed by atoms with van der Waals surface area (Å²) in [7, 11) is 2.03. The Hall–Kier alpha value is -1.09. The highest BCUT2D eigenvalue weighted by atomic mass is 32.2. The van der Waals surface area contributed by atoms with Gasteiger partial charge in [0.1, 0.15) is 5.70 Å². The molecule has 168 valence electrons. The van der Waals surface area contributed by atoms with Crippen molar-refractivity contribution in [2.45, 2.75) is 56.9 Å². The minimum Gasteiger partial charge on any atom is -0.477 e. The first kappa shape index (κ1) is 22.1. The summed E-state index contributed by atoms with van der Waals surface area (Å²) in [6.45, 7) is 7.88. The lowest BCUT2D eigenvalue weighted by molar-refractivity contribution is -0.163. The van der Waals surface area contributed by atoms with Gasteiger partial charge in [0.2, 0.25) is 5.91 Å². The number of carboxylic acid groups (broad SMARTS) is 1. The molecule has 3 fully saturated rings. The number of carbonyl (C=O) groups is 2. The molecule has 2 saturated heterocycles. The van der Waals surface area contributed by atoms with Gasteiger partial charge in [0.25, 0.3) is 0 Å². The van der Waals surface area contributed by atoms with Crippen LogP contribution in [0.2, 0.25) is 0 Å². The first-order valence-corrected chi connectivity index (χ1v) is 12.2. The number of carboxylic acids is 1. The second kappa shape index (κ2) is 8.81. The van der Waals surface area contributed by atoms with Gasteiger partial charge in [-0.15, -0.1) is 11.8 Å². The highest BCUT2D eigenvalue weighted by Gasteiger charge is 2.60. The number of fused-ring (bicyclic) bond motifs is 1. The average molecular weight is 438 g/mol. The molecule has 30 heavy (non-hydrogen) atoms. The molecule has 7 nitrogen and oxygen atoms in total. The summed E-state index contributed by atoms with van der Waals surface area (Å²) in [4.78, 5) is 29.1. The number of hydrogen-bond acceptors (Lipinski definition) is 6.